The van der Waals surface area contributed by atoms with Crippen molar-refractivity contribution in [2.24, 2.45) is 0 Å². The van der Waals surface area contributed by atoms with Gasteiger partial charge in [0.1, 0.15) is 0 Å². The van der Waals surface area contributed by atoms with Crippen LogP contribution in [0.1, 0.15) is 0 Å². The molecule has 2 N–H and O–H groups in total. The fraction of sp³-hybridized carbons (Fsp3) is 0. The minimum atomic E-state index is -3.67. The Hall–Kier alpha value is -3.57. The standard InChI is InChI=1S/C19H15N3O3S.C6H5ClO2S.ClH/c23-26(24,17-4-2-1-3-5-17)22-16-12-14-8-11-25-19(14)18(13-16)21-15-6-9-20-10-7-15;7-10(8,9)6-4-2-1-3-5-6;/h1-13,22H,(H,20,21);1-5H;1H. The van der Waals surface area contributed by atoms with Gasteiger partial charge in [0.25, 0.3) is 19.1 Å². The predicted octanol–water partition coefficient (Wildman–Crippen LogP) is 6.41. The third-order valence-electron chi connectivity index (χ3n) is 4.84. The number of anilines is 3. The van der Waals surface area contributed by atoms with Crippen molar-refractivity contribution in [3.63, 3.8) is 0 Å². The summed E-state index contributed by atoms with van der Waals surface area (Å²) in [6, 6.07) is 25.0. The summed E-state index contributed by atoms with van der Waals surface area (Å²) < 4.78 is 54.5. The molecule has 2 aromatic heterocycles. The highest BCUT2D eigenvalue weighted by atomic mass is 35.7. The first-order chi connectivity index (χ1) is 17.2. The Morgan fingerprint density at radius 2 is 1.32 bits per heavy atom. The lowest BCUT2D eigenvalue weighted by Crippen LogP contribution is -2.12. The Morgan fingerprint density at radius 3 is 1.89 bits per heavy atom. The number of aromatic nitrogens is 1. The number of fused-ring (bicyclic) bond motifs is 1. The molecular weight excluding hydrogens is 557 g/mol. The molecule has 37 heavy (non-hydrogen) atoms. The van der Waals surface area contributed by atoms with Gasteiger partial charge >= 0.3 is 0 Å². The van der Waals surface area contributed by atoms with E-state index in [1.807, 2.05) is 12.1 Å². The van der Waals surface area contributed by atoms with E-state index in [1.165, 1.54) is 12.1 Å². The molecular formula is C25H21Cl2N3O5S2. The molecule has 0 atom stereocenters. The average molecular weight is 578 g/mol. The Labute approximate surface area is 225 Å². The molecule has 0 spiro atoms. The molecule has 0 bridgehead atoms. The van der Waals surface area contributed by atoms with Crippen LogP contribution in [0, 0.1) is 0 Å². The third kappa shape index (κ3) is 7.46. The quantitative estimate of drug-likeness (QED) is 0.224. The normalized spacial score (nSPS) is 11.1. The van der Waals surface area contributed by atoms with Crippen LogP contribution in [0.25, 0.3) is 11.0 Å². The number of pyridine rings is 1. The summed E-state index contributed by atoms with van der Waals surface area (Å²) in [5.41, 5.74) is 2.56. The smallest absolute Gasteiger partial charge is 0.261 e. The van der Waals surface area contributed by atoms with E-state index in [2.05, 4.69) is 15.0 Å². The van der Waals surface area contributed by atoms with Gasteiger partial charge < -0.3 is 9.73 Å². The van der Waals surface area contributed by atoms with Gasteiger partial charge in [-0.05, 0) is 54.6 Å². The Bertz CT molecular complexity index is 1670. The van der Waals surface area contributed by atoms with Gasteiger partial charge in [-0.3, -0.25) is 9.71 Å². The van der Waals surface area contributed by atoms with E-state index in [9.17, 15) is 16.8 Å². The SMILES string of the molecule is Cl.O=S(=O)(Cl)c1ccccc1.O=S(=O)(Nc1cc(Nc2ccncc2)c2occc2c1)c1ccccc1. The number of benzene rings is 3. The average Bonchev–Trinajstić information content (AvgIpc) is 3.35. The van der Waals surface area contributed by atoms with Crippen molar-refractivity contribution < 1.29 is 21.3 Å². The molecule has 0 radical (unpaired) electrons. The lowest BCUT2D eigenvalue weighted by atomic mass is 10.2. The highest BCUT2D eigenvalue weighted by Gasteiger charge is 2.16. The predicted molar refractivity (Wildman–Crippen MR) is 148 cm³/mol. The van der Waals surface area contributed by atoms with Crippen LogP contribution in [0.4, 0.5) is 17.1 Å². The first-order valence-corrected chi connectivity index (χ1v) is 14.3. The van der Waals surface area contributed by atoms with Crippen LogP contribution in [0.3, 0.4) is 0 Å². The van der Waals surface area contributed by atoms with E-state index >= 15 is 0 Å². The van der Waals surface area contributed by atoms with Crippen LogP contribution in [0.15, 0.2) is 124 Å². The molecule has 0 aliphatic heterocycles. The minimum Gasteiger partial charge on any atom is -0.462 e. The van der Waals surface area contributed by atoms with E-state index in [0.29, 0.717) is 17.0 Å². The van der Waals surface area contributed by atoms with Crippen molar-refractivity contribution in [3.05, 3.63) is 110 Å². The Kier molecular flexibility index (Phi) is 9.17. The maximum absolute atomic E-state index is 12.6. The van der Waals surface area contributed by atoms with E-state index in [-0.39, 0.29) is 22.2 Å². The van der Waals surface area contributed by atoms with Crippen molar-refractivity contribution in [1.29, 1.82) is 0 Å². The van der Waals surface area contributed by atoms with Gasteiger partial charge in [-0.15, -0.1) is 12.4 Å². The lowest BCUT2D eigenvalue weighted by molar-refractivity contribution is 0.601. The molecule has 12 heteroatoms. The number of halogens is 2. The van der Waals surface area contributed by atoms with Crippen LogP contribution in [0.5, 0.6) is 0 Å². The second-order valence-corrected chi connectivity index (χ2v) is 11.6. The molecule has 0 saturated carbocycles. The van der Waals surface area contributed by atoms with E-state index < -0.39 is 19.1 Å². The number of nitrogens with zero attached hydrogens (tertiary/aromatic N) is 1. The van der Waals surface area contributed by atoms with Crippen LogP contribution in [-0.2, 0) is 19.1 Å². The third-order valence-corrected chi connectivity index (χ3v) is 7.61. The number of sulfonamides is 1. The molecule has 0 saturated heterocycles. The summed E-state index contributed by atoms with van der Waals surface area (Å²) in [4.78, 5) is 4.32. The molecule has 0 aliphatic carbocycles. The van der Waals surface area contributed by atoms with E-state index in [4.69, 9.17) is 15.1 Å². The molecule has 8 nitrogen and oxygen atoms in total. The fourth-order valence-electron chi connectivity index (χ4n) is 3.22. The highest BCUT2D eigenvalue weighted by Crippen LogP contribution is 2.32. The molecule has 0 fully saturated rings. The maximum atomic E-state index is 12.6. The van der Waals surface area contributed by atoms with Gasteiger partial charge in [0.15, 0.2) is 5.58 Å². The number of hydrogen-bond donors (Lipinski definition) is 2. The van der Waals surface area contributed by atoms with Crippen molar-refractivity contribution in [2.75, 3.05) is 10.0 Å². The fourth-order valence-corrected chi connectivity index (χ4v) is 5.07. The summed E-state index contributed by atoms with van der Waals surface area (Å²) in [5.74, 6) is 0. The zero-order valence-electron chi connectivity index (χ0n) is 19.0. The topological polar surface area (TPSA) is 118 Å². The molecule has 3 aromatic carbocycles. The van der Waals surface area contributed by atoms with Gasteiger partial charge in [-0.25, -0.2) is 16.8 Å². The van der Waals surface area contributed by atoms with E-state index in [1.54, 1.807) is 85.4 Å². The van der Waals surface area contributed by atoms with Crippen LogP contribution in [0.2, 0.25) is 0 Å². The number of hydrogen-bond acceptors (Lipinski definition) is 7. The maximum Gasteiger partial charge on any atom is 0.261 e. The summed E-state index contributed by atoms with van der Waals surface area (Å²) >= 11 is 0. The number of nitrogens with one attached hydrogen (secondary N) is 2. The summed E-state index contributed by atoms with van der Waals surface area (Å²) in [6.45, 7) is 0. The van der Waals surface area contributed by atoms with Crippen molar-refractivity contribution in [2.45, 2.75) is 9.79 Å². The van der Waals surface area contributed by atoms with Gasteiger partial charge in [0.05, 0.1) is 27.4 Å². The van der Waals surface area contributed by atoms with Crippen LogP contribution < -0.4 is 10.0 Å². The van der Waals surface area contributed by atoms with Gasteiger partial charge in [0, 0.05) is 34.1 Å². The highest BCUT2D eigenvalue weighted by molar-refractivity contribution is 8.13. The second-order valence-electron chi connectivity index (χ2n) is 7.39. The molecule has 5 rings (SSSR count). The largest absolute Gasteiger partial charge is 0.462 e. The van der Waals surface area contributed by atoms with Crippen LogP contribution >= 0.6 is 23.1 Å². The summed E-state index contributed by atoms with van der Waals surface area (Å²) in [5, 5.41) is 4.02. The van der Waals surface area contributed by atoms with Gasteiger partial charge in [-0.1, -0.05) is 36.4 Å². The van der Waals surface area contributed by atoms with Crippen molar-refractivity contribution in [1.82, 2.24) is 4.98 Å². The van der Waals surface area contributed by atoms with Gasteiger partial charge in [0.2, 0.25) is 0 Å². The first-order valence-electron chi connectivity index (χ1n) is 10.5. The second kappa shape index (κ2) is 12.1. The molecule has 5 aromatic rings. The molecule has 0 aliphatic rings. The van der Waals surface area contributed by atoms with Crippen LogP contribution in [-0.4, -0.2) is 21.8 Å². The zero-order valence-corrected chi connectivity index (χ0v) is 22.2. The Balaban J connectivity index is 0.000000293. The summed E-state index contributed by atoms with van der Waals surface area (Å²) in [6.07, 6.45) is 4.91. The lowest BCUT2D eigenvalue weighted by Gasteiger charge is -2.12. The van der Waals surface area contributed by atoms with Gasteiger partial charge in [-0.2, -0.15) is 0 Å². The monoisotopic (exact) mass is 577 g/mol. The number of rotatable bonds is 6. The zero-order chi connectivity index (χ0) is 25.6. The van der Waals surface area contributed by atoms with Crippen molar-refractivity contribution >= 4 is 70.2 Å². The molecule has 0 amide bonds. The minimum absolute atomic E-state index is 0. The molecule has 2 heterocycles. The molecule has 0 unspecified atom stereocenters. The number of furan rings is 1. The first kappa shape index (κ1) is 28.0. The van der Waals surface area contributed by atoms with E-state index in [0.717, 1.165) is 11.1 Å². The Morgan fingerprint density at radius 1 is 0.730 bits per heavy atom. The molecule has 192 valence electrons. The van der Waals surface area contributed by atoms with Crippen molar-refractivity contribution in [3.8, 4) is 0 Å². The summed E-state index contributed by atoms with van der Waals surface area (Å²) in [7, 11) is -2.17.